The van der Waals surface area contributed by atoms with E-state index in [2.05, 4.69) is 9.97 Å². The lowest BCUT2D eigenvalue weighted by Crippen LogP contribution is -2.22. The average Bonchev–Trinajstić information content (AvgIpc) is 3.16. The van der Waals surface area contributed by atoms with Crippen LogP contribution in [-0.2, 0) is 6.42 Å². The molecule has 1 aliphatic rings. The fraction of sp³-hybridized carbons (Fsp3) is 0.263. The molecular formula is C19H18ClN3O5. The second-order valence-corrected chi connectivity index (χ2v) is 6.73. The smallest absolute Gasteiger partial charge is 0.317 e. The summed E-state index contributed by atoms with van der Waals surface area (Å²) in [4.78, 5) is 8.80. The number of nitrogens with zero attached hydrogens (tertiary/aromatic N) is 2. The Morgan fingerprint density at radius 2 is 2.00 bits per heavy atom. The topological polar surface area (TPSA) is 120 Å². The molecule has 0 spiro atoms. The SMILES string of the molecule is Nc1c(Cl)ccc2nc(OCC(O)CO)nc(Cc3ccc4c(c3)OCO4)c12. The van der Waals surface area contributed by atoms with Crippen molar-refractivity contribution in [1.29, 1.82) is 0 Å². The van der Waals surface area contributed by atoms with Crippen LogP contribution in [0.1, 0.15) is 11.3 Å². The van der Waals surface area contributed by atoms with Gasteiger partial charge in [0.2, 0.25) is 6.79 Å². The first-order chi connectivity index (χ1) is 13.5. The number of hydrogen-bond acceptors (Lipinski definition) is 8. The maximum atomic E-state index is 9.51. The highest BCUT2D eigenvalue weighted by Crippen LogP contribution is 2.35. The number of aliphatic hydroxyl groups excluding tert-OH is 2. The van der Waals surface area contributed by atoms with Gasteiger partial charge in [-0.2, -0.15) is 9.97 Å². The van der Waals surface area contributed by atoms with Crippen molar-refractivity contribution in [3.63, 3.8) is 0 Å². The summed E-state index contributed by atoms with van der Waals surface area (Å²) in [6.45, 7) is -0.350. The molecule has 4 N–H and O–H groups in total. The van der Waals surface area contributed by atoms with Crippen LogP contribution in [0.2, 0.25) is 5.02 Å². The maximum Gasteiger partial charge on any atom is 0.317 e. The molecule has 0 amide bonds. The monoisotopic (exact) mass is 403 g/mol. The fourth-order valence-corrected chi connectivity index (χ4v) is 3.10. The zero-order chi connectivity index (χ0) is 19.7. The van der Waals surface area contributed by atoms with Crippen molar-refractivity contribution in [2.75, 3.05) is 25.7 Å². The Balaban J connectivity index is 1.74. The molecule has 4 rings (SSSR count). The van der Waals surface area contributed by atoms with E-state index in [4.69, 9.17) is 36.7 Å². The summed E-state index contributed by atoms with van der Waals surface area (Å²) in [6.07, 6.45) is -0.592. The molecule has 3 aromatic rings. The number of benzene rings is 2. The molecule has 0 saturated heterocycles. The zero-order valence-electron chi connectivity index (χ0n) is 14.8. The van der Waals surface area contributed by atoms with Crippen LogP contribution >= 0.6 is 11.6 Å². The van der Waals surface area contributed by atoms with Gasteiger partial charge in [0, 0.05) is 11.8 Å². The van der Waals surface area contributed by atoms with Gasteiger partial charge >= 0.3 is 6.01 Å². The number of fused-ring (bicyclic) bond motifs is 2. The van der Waals surface area contributed by atoms with Gasteiger partial charge in [-0.3, -0.25) is 0 Å². The Kier molecular flexibility index (Phi) is 5.08. The van der Waals surface area contributed by atoms with Gasteiger partial charge in [0.25, 0.3) is 0 Å². The van der Waals surface area contributed by atoms with E-state index in [1.54, 1.807) is 12.1 Å². The van der Waals surface area contributed by atoms with Gasteiger partial charge in [0.05, 0.1) is 28.5 Å². The third-order valence-corrected chi connectivity index (χ3v) is 4.66. The third kappa shape index (κ3) is 3.62. The van der Waals surface area contributed by atoms with Crippen LogP contribution in [0, 0.1) is 0 Å². The van der Waals surface area contributed by atoms with Crippen molar-refractivity contribution in [1.82, 2.24) is 9.97 Å². The van der Waals surface area contributed by atoms with E-state index in [0.717, 1.165) is 5.56 Å². The molecular weight excluding hydrogens is 386 g/mol. The normalized spacial score (nSPS) is 13.7. The lowest BCUT2D eigenvalue weighted by molar-refractivity contribution is 0.0505. The molecule has 0 radical (unpaired) electrons. The summed E-state index contributed by atoms with van der Waals surface area (Å²) in [7, 11) is 0. The first-order valence-electron chi connectivity index (χ1n) is 8.60. The van der Waals surface area contributed by atoms with Crippen molar-refractivity contribution in [3.05, 3.63) is 46.6 Å². The van der Waals surface area contributed by atoms with E-state index >= 15 is 0 Å². The van der Waals surface area contributed by atoms with Gasteiger partial charge in [0.15, 0.2) is 11.5 Å². The molecule has 8 nitrogen and oxygen atoms in total. The molecule has 146 valence electrons. The molecule has 2 heterocycles. The number of aromatic nitrogens is 2. The molecule has 1 aromatic heterocycles. The highest BCUT2D eigenvalue weighted by molar-refractivity contribution is 6.34. The fourth-order valence-electron chi connectivity index (χ4n) is 2.94. The second kappa shape index (κ2) is 7.67. The number of halogens is 1. The molecule has 1 atom stereocenters. The zero-order valence-corrected chi connectivity index (χ0v) is 15.5. The molecule has 0 aliphatic carbocycles. The van der Waals surface area contributed by atoms with Crippen LogP contribution in [0.15, 0.2) is 30.3 Å². The van der Waals surface area contributed by atoms with E-state index in [1.165, 1.54) is 0 Å². The summed E-state index contributed by atoms with van der Waals surface area (Å²) >= 11 is 6.19. The van der Waals surface area contributed by atoms with Crippen LogP contribution in [-0.4, -0.2) is 46.3 Å². The molecule has 1 unspecified atom stereocenters. The number of ether oxygens (including phenoxy) is 3. The van der Waals surface area contributed by atoms with Crippen molar-refractivity contribution >= 4 is 28.2 Å². The largest absolute Gasteiger partial charge is 0.461 e. The predicted molar refractivity (Wildman–Crippen MR) is 103 cm³/mol. The van der Waals surface area contributed by atoms with E-state index in [9.17, 15) is 5.11 Å². The summed E-state index contributed by atoms with van der Waals surface area (Å²) in [6, 6.07) is 9.10. The van der Waals surface area contributed by atoms with Crippen molar-refractivity contribution in [3.8, 4) is 17.5 Å². The Bertz CT molecular complexity index is 1030. The Hall–Kier alpha value is -2.81. The van der Waals surface area contributed by atoms with Gasteiger partial charge in [-0.25, -0.2) is 0 Å². The Morgan fingerprint density at radius 1 is 1.18 bits per heavy atom. The quantitative estimate of drug-likeness (QED) is 0.534. The molecule has 0 bridgehead atoms. The standard InChI is InChI=1S/C19H18ClN3O5/c20-12-2-3-13-17(18(12)21)14(23-19(22-13)26-8-11(25)7-24)5-10-1-4-15-16(6-10)28-9-27-15/h1-4,6,11,24-25H,5,7-9,21H2. The highest BCUT2D eigenvalue weighted by atomic mass is 35.5. The van der Waals surface area contributed by atoms with Crippen LogP contribution < -0.4 is 19.9 Å². The van der Waals surface area contributed by atoms with Crippen molar-refractivity contribution in [2.24, 2.45) is 0 Å². The number of hydrogen-bond donors (Lipinski definition) is 3. The van der Waals surface area contributed by atoms with Gasteiger partial charge in [0.1, 0.15) is 12.7 Å². The second-order valence-electron chi connectivity index (χ2n) is 6.32. The van der Waals surface area contributed by atoms with E-state index < -0.39 is 12.7 Å². The number of rotatable bonds is 6. The molecule has 0 fully saturated rings. The number of nitrogen functional groups attached to an aromatic ring is 1. The first-order valence-corrected chi connectivity index (χ1v) is 8.98. The maximum absolute atomic E-state index is 9.51. The minimum Gasteiger partial charge on any atom is -0.461 e. The van der Waals surface area contributed by atoms with Crippen LogP contribution in [0.4, 0.5) is 5.69 Å². The number of anilines is 1. The number of aliphatic hydroxyl groups is 2. The first kappa shape index (κ1) is 18.5. The summed E-state index contributed by atoms with van der Waals surface area (Å²) < 4.78 is 16.2. The third-order valence-electron chi connectivity index (χ3n) is 4.33. The van der Waals surface area contributed by atoms with Gasteiger partial charge in [-0.1, -0.05) is 17.7 Å². The minimum absolute atomic E-state index is 0.0810. The Labute approximate surface area is 165 Å². The predicted octanol–water partition coefficient (Wildman–Crippen LogP) is 1.92. The van der Waals surface area contributed by atoms with Gasteiger partial charge in [-0.15, -0.1) is 0 Å². The lowest BCUT2D eigenvalue weighted by atomic mass is 10.0. The van der Waals surface area contributed by atoms with Crippen molar-refractivity contribution in [2.45, 2.75) is 12.5 Å². The Morgan fingerprint density at radius 3 is 2.82 bits per heavy atom. The molecule has 0 saturated carbocycles. The number of nitrogens with two attached hydrogens (primary N) is 1. The van der Waals surface area contributed by atoms with Crippen LogP contribution in [0.5, 0.6) is 17.5 Å². The summed E-state index contributed by atoms with van der Waals surface area (Å²) in [5.41, 5.74) is 8.70. The molecule has 2 aromatic carbocycles. The van der Waals surface area contributed by atoms with Gasteiger partial charge in [-0.05, 0) is 29.8 Å². The van der Waals surface area contributed by atoms with Gasteiger partial charge < -0.3 is 30.2 Å². The molecule has 1 aliphatic heterocycles. The summed E-state index contributed by atoms with van der Waals surface area (Å²) in [5, 5.41) is 19.5. The molecule has 9 heteroatoms. The van der Waals surface area contributed by atoms with E-state index in [1.807, 2.05) is 18.2 Å². The molecule has 28 heavy (non-hydrogen) atoms. The minimum atomic E-state index is -1.02. The van der Waals surface area contributed by atoms with Crippen LogP contribution in [0.25, 0.3) is 10.9 Å². The van der Waals surface area contributed by atoms with Crippen LogP contribution in [0.3, 0.4) is 0 Å². The average molecular weight is 404 g/mol. The van der Waals surface area contributed by atoms with E-state index in [-0.39, 0.29) is 19.4 Å². The van der Waals surface area contributed by atoms with E-state index in [0.29, 0.717) is 45.2 Å². The highest BCUT2D eigenvalue weighted by Gasteiger charge is 2.17. The summed E-state index contributed by atoms with van der Waals surface area (Å²) in [5.74, 6) is 1.37. The van der Waals surface area contributed by atoms with Crippen molar-refractivity contribution < 1.29 is 24.4 Å². The lowest BCUT2D eigenvalue weighted by Gasteiger charge is -2.13.